The molecule has 0 aromatic carbocycles. The number of aliphatic hydroxyl groups is 1. The van der Waals surface area contributed by atoms with E-state index in [9.17, 15) is 9.90 Å². The van der Waals surface area contributed by atoms with Crippen molar-refractivity contribution in [2.75, 3.05) is 13.2 Å². The van der Waals surface area contributed by atoms with Gasteiger partial charge in [0.1, 0.15) is 5.78 Å². The van der Waals surface area contributed by atoms with Gasteiger partial charge in [0.2, 0.25) is 0 Å². The Balaban J connectivity index is 1.92. The molecule has 2 aliphatic rings. The van der Waals surface area contributed by atoms with Crippen molar-refractivity contribution in [3.05, 3.63) is 23.3 Å². The molecule has 2 rings (SSSR count). The minimum Gasteiger partial charge on any atom is -0.393 e. The predicted octanol–water partition coefficient (Wildman–Crippen LogP) is 6.11. The first-order valence-electron chi connectivity index (χ1n) is 11.6. The van der Waals surface area contributed by atoms with Gasteiger partial charge in [-0.1, -0.05) is 51.0 Å². The summed E-state index contributed by atoms with van der Waals surface area (Å²) in [4.78, 5) is 11.2. The van der Waals surface area contributed by atoms with Gasteiger partial charge in [-0.05, 0) is 81.5 Å². The first kappa shape index (κ1) is 24.3. The van der Waals surface area contributed by atoms with E-state index in [0.717, 1.165) is 25.7 Å². The number of hydrogen-bond acceptors (Lipinski definition) is 3. The number of Topliss-reactive ketones (excluding diaryl/α,β-unsaturated/α-hetero) is 1. The van der Waals surface area contributed by atoms with Crippen molar-refractivity contribution < 1.29 is 14.6 Å². The average molecular weight is 405 g/mol. The fraction of sp³-hybridized carbons (Fsp3) is 0.808. The summed E-state index contributed by atoms with van der Waals surface area (Å²) in [6, 6.07) is 0. The number of allylic oxidation sites excluding steroid dienone is 3. The van der Waals surface area contributed by atoms with Crippen LogP contribution in [0.2, 0.25) is 0 Å². The maximum absolute atomic E-state index is 11.2. The molecule has 0 amide bonds. The Labute approximate surface area is 179 Å². The lowest BCUT2D eigenvalue weighted by molar-refractivity contribution is -0.118. The molecule has 0 aromatic heterocycles. The molecule has 0 radical (unpaired) electrons. The summed E-state index contributed by atoms with van der Waals surface area (Å²) in [6.45, 7) is 16.5. The SMILES string of the molecule is CC(=O)C[C@@H](C)COC/C=C(\C)CC[C@@H]1C(C)=CC[C@@H]2C(C)(C)[C@@H](O)CC[C@]12C. The van der Waals surface area contributed by atoms with E-state index in [2.05, 4.69) is 53.7 Å². The Morgan fingerprint density at radius 2 is 2.03 bits per heavy atom. The zero-order valence-corrected chi connectivity index (χ0v) is 19.9. The van der Waals surface area contributed by atoms with Crippen molar-refractivity contribution in [3.63, 3.8) is 0 Å². The Morgan fingerprint density at radius 3 is 2.69 bits per heavy atom. The highest BCUT2D eigenvalue weighted by atomic mass is 16.5. The highest BCUT2D eigenvalue weighted by Crippen LogP contribution is 2.60. The number of hydrogen-bond donors (Lipinski definition) is 1. The van der Waals surface area contributed by atoms with Gasteiger partial charge in [-0.15, -0.1) is 0 Å². The quantitative estimate of drug-likeness (QED) is 0.372. The second-order valence-electron chi connectivity index (χ2n) is 10.8. The summed E-state index contributed by atoms with van der Waals surface area (Å²) >= 11 is 0. The normalized spacial score (nSPS) is 33.0. The minimum absolute atomic E-state index is 0.0161. The Kier molecular flexibility index (Phi) is 8.32. The van der Waals surface area contributed by atoms with Gasteiger partial charge in [0.15, 0.2) is 0 Å². The van der Waals surface area contributed by atoms with Crippen molar-refractivity contribution in [3.8, 4) is 0 Å². The lowest BCUT2D eigenvalue weighted by Gasteiger charge is -2.58. The highest BCUT2D eigenvalue weighted by Gasteiger charge is 2.54. The molecule has 0 heterocycles. The molecule has 0 spiro atoms. The van der Waals surface area contributed by atoms with Crippen LogP contribution in [0.25, 0.3) is 0 Å². The number of carbonyl (C=O) groups is 1. The van der Waals surface area contributed by atoms with Gasteiger partial charge < -0.3 is 14.6 Å². The monoisotopic (exact) mass is 404 g/mol. The van der Waals surface area contributed by atoms with E-state index < -0.39 is 0 Å². The highest BCUT2D eigenvalue weighted by molar-refractivity contribution is 5.75. The van der Waals surface area contributed by atoms with Gasteiger partial charge in [0.05, 0.1) is 12.7 Å². The van der Waals surface area contributed by atoms with E-state index in [-0.39, 0.29) is 28.6 Å². The van der Waals surface area contributed by atoms with E-state index >= 15 is 0 Å². The third kappa shape index (κ3) is 5.82. The molecule has 1 fully saturated rings. The Hall–Kier alpha value is -0.930. The molecular formula is C26H44O3. The lowest BCUT2D eigenvalue weighted by atomic mass is 9.47. The van der Waals surface area contributed by atoms with Crippen LogP contribution in [-0.4, -0.2) is 30.2 Å². The average Bonchev–Trinajstić information content (AvgIpc) is 2.61. The molecule has 1 saturated carbocycles. The number of ketones is 1. The van der Waals surface area contributed by atoms with Crippen LogP contribution in [0.15, 0.2) is 23.3 Å². The van der Waals surface area contributed by atoms with E-state index in [4.69, 9.17) is 4.74 Å². The van der Waals surface area contributed by atoms with Crippen molar-refractivity contribution in [1.29, 1.82) is 0 Å². The number of carbonyl (C=O) groups excluding carboxylic acids is 1. The molecule has 1 N–H and O–H groups in total. The smallest absolute Gasteiger partial charge is 0.130 e. The standard InChI is InChI=1S/C26H44O3/c1-18(13-15-29-17-19(2)16-21(4)27)8-10-22-20(3)9-11-23-25(5,6)24(28)12-14-26(22,23)7/h9,13,19,22-24,28H,8,10-12,14-17H2,1-7H3/b18-13+/t19-,22-,23-,24+,26-/m1/s1. The second-order valence-corrected chi connectivity index (χ2v) is 10.8. The van der Waals surface area contributed by atoms with Crippen molar-refractivity contribution in [2.45, 2.75) is 93.1 Å². The fourth-order valence-corrected chi connectivity index (χ4v) is 6.08. The molecule has 29 heavy (non-hydrogen) atoms. The van der Waals surface area contributed by atoms with Crippen LogP contribution >= 0.6 is 0 Å². The first-order valence-corrected chi connectivity index (χ1v) is 11.6. The molecule has 3 nitrogen and oxygen atoms in total. The summed E-state index contributed by atoms with van der Waals surface area (Å²) in [7, 11) is 0. The third-order valence-electron chi connectivity index (χ3n) is 7.95. The molecule has 3 heteroatoms. The van der Waals surface area contributed by atoms with Crippen molar-refractivity contribution >= 4 is 5.78 Å². The Bertz CT molecular complexity index is 630. The van der Waals surface area contributed by atoms with E-state index in [0.29, 0.717) is 31.5 Å². The summed E-state index contributed by atoms with van der Waals surface area (Å²) in [5.74, 6) is 1.66. The maximum Gasteiger partial charge on any atom is 0.130 e. The van der Waals surface area contributed by atoms with Crippen LogP contribution in [0.4, 0.5) is 0 Å². The summed E-state index contributed by atoms with van der Waals surface area (Å²) in [6.07, 6.45) is 10.5. The third-order valence-corrected chi connectivity index (χ3v) is 7.95. The number of aliphatic hydroxyl groups excluding tert-OH is 1. The zero-order chi connectivity index (χ0) is 21.8. The topological polar surface area (TPSA) is 46.5 Å². The van der Waals surface area contributed by atoms with Crippen LogP contribution < -0.4 is 0 Å². The number of ether oxygens (including phenoxy) is 1. The Morgan fingerprint density at radius 1 is 1.34 bits per heavy atom. The number of fused-ring (bicyclic) bond motifs is 1. The molecule has 0 aromatic rings. The van der Waals surface area contributed by atoms with Crippen LogP contribution in [0.3, 0.4) is 0 Å². The molecule has 0 saturated heterocycles. The summed E-state index contributed by atoms with van der Waals surface area (Å²) in [5, 5.41) is 10.6. The molecule has 0 unspecified atom stereocenters. The van der Waals surface area contributed by atoms with Crippen molar-refractivity contribution in [1.82, 2.24) is 0 Å². The van der Waals surface area contributed by atoms with Crippen LogP contribution in [0.5, 0.6) is 0 Å². The van der Waals surface area contributed by atoms with Gasteiger partial charge in [-0.3, -0.25) is 0 Å². The van der Waals surface area contributed by atoms with Crippen LogP contribution in [-0.2, 0) is 9.53 Å². The first-order chi connectivity index (χ1) is 13.5. The minimum atomic E-state index is -0.183. The zero-order valence-electron chi connectivity index (χ0n) is 19.9. The second kappa shape index (κ2) is 9.92. The van der Waals surface area contributed by atoms with Gasteiger partial charge in [-0.25, -0.2) is 0 Å². The molecule has 0 aliphatic heterocycles. The van der Waals surface area contributed by atoms with E-state index in [1.165, 1.54) is 17.6 Å². The van der Waals surface area contributed by atoms with E-state index in [1.54, 1.807) is 6.92 Å². The van der Waals surface area contributed by atoms with Gasteiger partial charge in [0, 0.05) is 13.0 Å². The molecule has 0 bridgehead atoms. The lowest BCUT2D eigenvalue weighted by Crippen LogP contribution is -2.54. The van der Waals surface area contributed by atoms with Crippen LogP contribution in [0, 0.1) is 28.6 Å². The molecule has 2 aliphatic carbocycles. The van der Waals surface area contributed by atoms with Gasteiger partial charge in [-0.2, -0.15) is 0 Å². The summed E-state index contributed by atoms with van der Waals surface area (Å²) < 4.78 is 5.76. The van der Waals surface area contributed by atoms with Gasteiger partial charge >= 0.3 is 0 Å². The maximum atomic E-state index is 11.2. The number of rotatable bonds is 9. The summed E-state index contributed by atoms with van der Waals surface area (Å²) in [5.41, 5.74) is 3.19. The molecule has 5 atom stereocenters. The fourth-order valence-electron chi connectivity index (χ4n) is 6.08. The van der Waals surface area contributed by atoms with E-state index in [1.807, 2.05) is 0 Å². The largest absolute Gasteiger partial charge is 0.393 e. The van der Waals surface area contributed by atoms with Crippen LogP contribution in [0.1, 0.15) is 87.0 Å². The molecule has 166 valence electrons. The predicted molar refractivity (Wildman–Crippen MR) is 121 cm³/mol. The van der Waals surface area contributed by atoms with Gasteiger partial charge in [0.25, 0.3) is 0 Å². The van der Waals surface area contributed by atoms with Crippen molar-refractivity contribution in [2.24, 2.45) is 28.6 Å². The molecular weight excluding hydrogens is 360 g/mol.